The van der Waals surface area contributed by atoms with Crippen molar-refractivity contribution in [1.82, 2.24) is 10.2 Å². The smallest absolute Gasteiger partial charge is 0.118 e. The highest BCUT2D eigenvalue weighted by molar-refractivity contribution is 5.21. The molecule has 96 valence electrons. The molecule has 1 saturated heterocycles. The van der Waals surface area contributed by atoms with Crippen LogP contribution in [0.5, 0.6) is 0 Å². The quantitative estimate of drug-likeness (QED) is 0.871. The Kier molecular flexibility index (Phi) is 3.59. The van der Waals surface area contributed by atoms with E-state index in [-0.39, 0.29) is 0 Å². The number of furan rings is 1. The number of nitrogens with zero attached hydrogens (tertiary/aromatic N) is 1. The summed E-state index contributed by atoms with van der Waals surface area (Å²) in [5.41, 5.74) is 1.68. The van der Waals surface area contributed by atoms with E-state index in [1.165, 1.54) is 24.9 Å². The van der Waals surface area contributed by atoms with Crippen molar-refractivity contribution < 1.29 is 4.42 Å². The van der Waals surface area contributed by atoms with Crippen LogP contribution in [0.4, 0.5) is 0 Å². The van der Waals surface area contributed by atoms with Crippen molar-refractivity contribution in [2.75, 3.05) is 13.6 Å². The molecule has 2 heterocycles. The van der Waals surface area contributed by atoms with Crippen molar-refractivity contribution >= 4 is 0 Å². The molecule has 1 fully saturated rings. The van der Waals surface area contributed by atoms with Crippen molar-refractivity contribution in [3.8, 4) is 0 Å². The highest BCUT2D eigenvalue weighted by atomic mass is 16.3. The Morgan fingerprint density at radius 3 is 2.82 bits per heavy atom. The first-order valence-electron chi connectivity index (χ1n) is 6.51. The molecule has 1 N–H and O–H groups in total. The van der Waals surface area contributed by atoms with Gasteiger partial charge in [0.05, 0.1) is 6.54 Å². The fraction of sp³-hybridized carbons (Fsp3) is 0.714. The molecule has 0 unspecified atom stereocenters. The van der Waals surface area contributed by atoms with Gasteiger partial charge in [-0.1, -0.05) is 0 Å². The van der Waals surface area contributed by atoms with Gasteiger partial charge in [0, 0.05) is 17.6 Å². The third kappa shape index (κ3) is 2.72. The summed E-state index contributed by atoms with van der Waals surface area (Å²) < 4.78 is 5.74. The summed E-state index contributed by atoms with van der Waals surface area (Å²) in [4.78, 5) is 2.56. The molecule has 1 aromatic rings. The number of rotatable bonds is 4. The van der Waals surface area contributed by atoms with Crippen molar-refractivity contribution in [2.24, 2.45) is 0 Å². The normalized spacial score (nSPS) is 20.0. The van der Waals surface area contributed by atoms with Crippen LogP contribution in [0.1, 0.15) is 43.8 Å². The second-order valence-corrected chi connectivity index (χ2v) is 5.66. The summed E-state index contributed by atoms with van der Waals surface area (Å²) in [7, 11) is 1.95. The van der Waals surface area contributed by atoms with Gasteiger partial charge < -0.3 is 9.73 Å². The maximum Gasteiger partial charge on any atom is 0.118 e. The van der Waals surface area contributed by atoms with E-state index >= 15 is 0 Å². The number of hydrogen-bond donors (Lipinski definition) is 1. The highest BCUT2D eigenvalue weighted by Crippen LogP contribution is 2.30. The monoisotopic (exact) mass is 236 g/mol. The molecule has 0 bridgehead atoms. The maximum absolute atomic E-state index is 5.74. The lowest BCUT2D eigenvalue weighted by Gasteiger charge is -2.31. The SMILES string of the molecule is CNCc1cc(CN2CCCC2(C)C)c(C)o1. The predicted octanol–water partition coefficient (Wildman–Crippen LogP) is 2.68. The van der Waals surface area contributed by atoms with E-state index in [1.807, 2.05) is 7.05 Å². The Labute approximate surface area is 104 Å². The van der Waals surface area contributed by atoms with Gasteiger partial charge in [-0.15, -0.1) is 0 Å². The largest absolute Gasteiger partial charge is 0.465 e. The third-order valence-electron chi connectivity index (χ3n) is 3.86. The van der Waals surface area contributed by atoms with Crippen molar-refractivity contribution in [2.45, 2.75) is 52.2 Å². The molecule has 0 saturated carbocycles. The second kappa shape index (κ2) is 4.83. The average Bonchev–Trinajstić information content (AvgIpc) is 2.73. The van der Waals surface area contributed by atoms with E-state index in [0.717, 1.165) is 24.6 Å². The molecule has 0 aromatic carbocycles. The first kappa shape index (κ1) is 12.7. The number of nitrogens with one attached hydrogen (secondary N) is 1. The van der Waals surface area contributed by atoms with Gasteiger partial charge in [-0.2, -0.15) is 0 Å². The van der Waals surface area contributed by atoms with Crippen LogP contribution in [0.3, 0.4) is 0 Å². The third-order valence-corrected chi connectivity index (χ3v) is 3.86. The molecular weight excluding hydrogens is 212 g/mol. The lowest BCUT2D eigenvalue weighted by atomic mass is 10.0. The summed E-state index contributed by atoms with van der Waals surface area (Å²) in [6.45, 7) is 9.78. The van der Waals surface area contributed by atoms with Crippen molar-refractivity contribution in [3.63, 3.8) is 0 Å². The molecule has 2 rings (SSSR count). The summed E-state index contributed by atoms with van der Waals surface area (Å²) in [5.74, 6) is 2.11. The molecule has 0 atom stereocenters. The van der Waals surface area contributed by atoms with Gasteiger partial charge in [0.25, 0.3) is 0 Å². The van der Waals surface area contributed by atoms with Crippen LogP contribution in [-0.2, 0) is 13.1 Å². The zero-order chi connectivity index (χ0) is 12.5. The number of hydrogen-bond acceptors (Lipinski definition) is 3. The first-order valence-corrected chi connectivity index (χ1v) is 6.51. The number of likely N-dealkylation sites (tertiary alicyclic amines) is 1. The summed E-state index contributed by atoms with van der Waals surface area (Å²) >= 11 is 0. The van der Waals surface area contributed by atoms with E-state index in [4.69, 9.17) is 4.42 Å². The Balaban J connectivity index is 2.08. The van der Waals surface area contributed by atoms with Gasteiger partial charge in [-0.25, -0.2) is 0 Å². The Bertz CT molecular complexity index is 382. The molecule has 3 heteroatoms. The van der Waals surface area contributed by atoms with Gasteiger partial charge in [-0.3, -0.25) is 4.90 Å². The van der Waals surface area contributed by atoms with E-state index < -0.39 is 0 Å². The van der Waals surface area contributed by atoms with Gasteiger partial charge in [0.15, 0.2) is 0 Å². The van der Waals surface area contributed by atoms with Crippen LogP contribution in [0.15, 0.2) is 10.5 Å². The second-order valence-electron chi connectivity index (χ2n) is 5.66. The van der Waals surface area contributed by atoms with E-state index in [0.29, 0.717) is 5.54 Å². The average molecular weight is 236 g/mol. The molecular formula is C14H24N2O. The van der Waals surface area contributed by atoms with Crippen LogP contribution in [0.2, 0.25) is 0 Å². The molecule has 0 radical (unpaired) electrons. The molecule has 0 amide bonds. The molecule has 1 aliphatic rings. The fourth-order valence-corrected chi connectivity index (χ4v) is 2.67. The van der Waals surface area contributed by atoms with Gasteiger partial charge in [0.1, 0.15) is 11.5 Å². The van der Waals surface area contributed by atoms with E-state index in [1.54, 1.807) is 0 Å². The topological polar surface area (TPSA) is 28.4 Å². The van der Waals surface area contributed by atoms with Crippen molar-refractivity contribution in [3.05, 3.63) is 23.2 Å². The fourth-order valence-electron chi connectivity index (χ4n) is 2.67. The zero-order valence-electron chi connectivity index (χ0n) is 11.5. The lowest BCUT2D eigenvalue weighted by molar-refractivity contribution is 0.166. The minimum Gasteiger partial charge on any atom is -0.465 e. The maximum atomic E-state index is 5.74. The highest BCUT2D eigenvalue weighted by Gasteiger charge is 2.32. The lowest BCUT2D eigenvalue weighted by Crippen LogP contribution is -2.37. The van der Waals surface area contributed by atoms with Gasteiger partial charge in [0.2, 0.25) is 0 Å². The van der Waals surface area contributed by atoms with Crippen LogP contribution in [0.25, 0.3) is 0 Å². The summed E-state index contributed by atoms with van der Waals surface area (Å²) in [6, 6.07) is 2.19. The Morgan fingerprint density at radius 1 is 1.47 bits per heavy atom. The number of aryl methyl sites for hydroxylation is 1. The standard InChI is InChI=1S/C14H24N2O/c1-11-12(8-13(17-11)9-15-4)10-16-7-5-6-14(16,2)3/h8,15H,5-7,9-10H2,1-4H3. The molecule has 1 aliphatic heterocycles. The summed E-state index contributed by atoms with van der Waals surface area (Å²) in [6.07, 6.45) is 2.61. The minimum absolute atomic E-state index is 0.340. The first-order chi connectivity index (χ1) is 8.03. The van der Waals surface area contributed by atoms with E-state index in [2.05, 4.69) is 37.1 Å². The molecule has 1 aromatic heterocycles. The van der Waals surface area contributed by atoms with Crippen LogP contribution >= 0.6 is 0 Å². The van der Waals surface area contributed by atoms with Gasteiger partial charge in [-0.05, 0) is 53.3 Å². The van der Waals surface area contributed by atoms with Gasteiger partial charge >= 0.3 is 0 Å². The van der Waals surface area contributed by atoms with Crippen LogP contribution in [0, 0.1) is 6.92 Å². The molecule has 17 heavy (non-hydrogen) atoms. The van der Waals surface area contributed by atoms with Crippen LogP contribution < -0.4 is 5.32 Å². The molecule has 0 spiro atoms. The van der Waals surface area contributed by atoms with Crippen LogP contribution in [-0.4, -0.2) is 24.0 Å². The minimum atomic E-state index is 0.340. The zero-order valence-corrected chi connectivity index (χ0v) is 11.5. The molecule has 3 nitrogen and oxygen atoms in total. The van der Waals surface area contributed by atoms with Crippen molar-refractivity contribution in [1.29, 1.82) is 0 Å². The predicted molar refractivity (Wildman–Crippen MR) is 69.9 cm³/mol. The Hall–Kier alpha value is -0.800. The Morgan fingerprint density at radius 2 is 2.24 bits per heavy atom. The molecule has 0 aliphatic carbocycles. The van der Waals surface area contributed by atoms with E-state index in [9.17, 15) is 0 Å². The summed E-state index contributed by atoms with van der Waals surface area (Å²) in [5, 5.41) is 3.13.